The molecule has 6 nitrogen and oxygen atoms in total. The molecule has 0 atom stereocenters. The Labute approximate surface area is 175 Å². The molecular weight excluding hydrogens is 384 g/mol. The normalized spacial score (nSPS) is 10.8. The van der Waals surface area contributed by atoms with Crippen molar-refractivity contribution in [2.45, 2.75) is 40.0 Å². The summed E-state index contributed by atoms with van der Waals surface area (Å²) >= 11 is 0. The second kappa shape index (κ2) is 8.86. The third-order valence-corrected chi connectivity index (χ3v) is 4.89. The third kappa shape index (κ3) is 4.08. The molecule has 0 aliphatic rings. The van der Waals surface area contributed by atoms with Gasteiger partial charge in [-0.2, -0.15) is 0 Å². The molecule has 158 valence electrons. The first kappa shape index (κ1) is 21.2. The second-order valence-electron chi connectivity index (χ2n) is 7.05. The zero-order valence-electron chi connectivity index (χ0n) is 17.3. The van der Waals surface area contributed by atoms with Crippen molar-refractivity contribution in [3.05, 3.63) is 59.2 Å². The van der Waals surface area contributed by atoms with E-state index in [0.717, 1.165) is 6.42 Å². The number of hydrogen-bond acceptors (Lipinski definition) is 6. The van der Waals surface area contributed by atoms with Crippen molar-refractivity contribution < 1.29 is 29.9 Å². The average Bonchev–Trinajstić information content (AvgIpc) is 2.72. The summed E-state index contributed by atoms with van der Waals surface area (Å²) in [6.45, 7) is 5.66. The van der Waals surface area contributed by atoms with Gasteiger partial charge in [-0.1, -0.05) is 44.5 Å². The molecule has 0 aliphatic heterocycles. The topological polar surface area (TPSA) is 99.4 Å². The summed E-state index contributed by atoms with van der Waals surface area (Å²) in [5.74, 6) is -0.478. The molecule has 0 bridgehead atoms. The van der Waals surface area contributed by atoms with Crippen LogP contribution in [-0.4, -0.2) is 20.4 Å². The quantitative estimate of drug-likeness (QED) is 0.361. The standard InChI is InChI=1S/C24H26O6/c1-4-7-16-11-13-18(21(27)20(16)26)30-24-15(5-2)10-12-19(22(24)28)29-23-14(3)8-6-9-17(23)25/h6,8-13,25-28H,4-5,7H2,1-3H3. The highest BCUT2D eigenvalue weighted by molar-refractivity contribution is 5.61. The lowest BCUT2D eigenvalue weighted by Crippen LogP contribution is -1.96. The number of benzene rings is 3. The lowest BCUT2D eigenvalue weighted by atomic mass is 10.1. The van der Waals surface area contributed by atoms with E-state index in [9.17, 15) is 20.4 Å². The number of ether oxygens (including phenoxy) is 2. The molecule has 0 spiro atoms. The lowest BCUT2D eigenvalue weighted by molar-refractivity contribution is 0.346. The highest BCUT2D eigenvalue weighted by Crippen LogP contribution is 2.48. The van der Waals surface area contributed by atoms with E-state index in [1.165, 1.54) is 6.07 Å². The van der Waals surface area contributed by atoms with Crippen LogP contribution in [0.2, 0.25) is 0 Å². The molecule has 0 fully saturated rings. The van der Waals surface area contributed by atoms with Gasteiger partial charge in [0.2, 0.25) is 11.5 Å². The van der Waals surface area contributed by atoms with E-state index in [1.54, 1.807) is 43.3 Å². The molecule has 3 aromatic rings. The average molecular weight is 410 g/mol. The molecular formula is C24H26O6. The van der Waals surface area contributed by atoms with Gasteiger partial charge >= 0.3 is 0 Å². The SMILES string of the molecule is CCCc1ccc(Oc2c(CC)ccc(Oc3c(C)cccc3O)c2O)c(O)c1O. The van der Waals surface area contributed by atoms with E-state index in [0.29, 0.717) is 29.5 Å². The predicted molar refractivity (Wildman–Crippen MR) is 114 cm³/mol. The molecule has 0 amide bonds. The van der Waals surface area contributed by atoms with Crippen molar-refractivity contribution in [2.24, 2.45) is 0 Å². The van der Waals surface area contributed by atoms with E-state index in [4.69, 9.17) is 9.47 Å². The molecule has 0 aliphatic carbocycles. The van der Waals surface area contributed by atoms with Gasteiger partial charge in [0.15, 0.2) is 34.5 Å². The molecule has 6 heteroatoms. The van der Waals surface area contributed by atoms with Gasteiger partial charge in [0.25, 0.3) is 0 Å². The van der Waals surface area contributed by atoms with Crippen LogP contribution >= 0.6 is 0 Å². The number of rotatable bonds is 7. The summed E-state index contributed by atoms with van der Waals surface area (Å²) in [6.07, 6.45) is 1.99. The van der Waals surface area contributed by atoms with Crippen LogP contribution in [0.5, 0.6) is 46.0 Å². The maximum Gasteiger partial charge on any atom is 0.202 e. The summed E-state index contributed by atoms with van der Waals surface area (Å²) in [7, 11) is 0. The molecule has 3 rings (SSSR count). The molecule has 3 aromatic carbocycles. The van der Waals surface area contributed by atoms with Crippen molar-refractivity contribution in [2.75, 3.05) is 0 Å². The number of para-hydroxylation sites is 1. The minimum atomic E-state index is -0.384. The predicted octanol–water partition coefficient (Wildman–Crippen LogP) is 5.92. The van der Waals surface area contributed by atoms with Gasteiger partial charge in [-0.15, -0.1) is 0 Å². The van der Waals surface area contributed by atoms with E-state index >= 15 is 0 Å². The van der Waals surface area contributed by atoms with Gasteiger partial charge in [0.05, 0.1) is 0 Å². The van der Waals surface area contributed by atoms with Crippen molar-refractivity contribution in [3.8, 4) is 46.0 Å². The van der Waals surface area contributed by atoms with E-state index in [2.05, 4.69) is 0 Å². The molecule has 30 heavy (non-hydrogen) atoms. The van der Waals surface area contributed by atoms with Gasteiger partial charge in [0, 0.05) is 0 Å². The molecule has 0 saturated heterocycles. The number of aryl methyl sites for hydroxylation is 3. The molecule has 0 unspecified atom stereocenters. The van der Waals surface area contributed by atoms with Gasteiger partial charge in [-0.3, -0.25) is 0 Å². The highest BCUT2D eigenvalue weighted by Gasteiger charge is 2.20. The van der Waals surface area contributed by atoms with Gasteiger partial charge < -0.3 is 29.9 Å². The summed E-state index contributed by atoms with van der Waals surface area (Å²) < 4.78 is 11.6. The van der Waals surface area contributed by atoms with Crippen LogP contribution in [0.25, 0.3) is 0 Å². The zero-order valence-corrected chi connectivity index (χ0v) is 17.3. The van der Waals surface area contributed by atoms with Crippen molar-refractivity contribution >= 4 is 0 Å². The third-order valence-electron chi connectivity index (χ3n) is 4.89. The molecule has 0 heterocycles. The van der Waals surface area contributed by atoms with Crippen LogP contribution in [0.15, 0.2) is 42.5 Å². The number of phenolic OH excluding ortho intramolecular Hbond substituents is 4. The first-order valence-electron chi connectivity index (χ1n) is 9.90. The maximum absolute atomic E-state index is 10.8. The van der Waals surface area contributed by atoms with Gasteiger partial charge in [-0.25, -0.2) is 0 Å². The van der Waals surface area contributed by atoms with Crippen LogP contribution in [0.4, 0.5) is 0 Å². The fourth-order valence-corrected chi connectivity index (χ4v) is 3.22. The fraction of sp³-hybridized carbons (Fsp3) is 0.250. The Kier molecular flexibility index (Phi) is 6.26. The van der Waals surface area contributed by atoms with Crippen molar-refractivity contribution in [3.63, 3.8) is 0 Å². The van der Waals surface area contributed by atoms with Crippen LogP contribution in [0, 0.1) is 6.92 Å². The Balaban J connectivity index is 2.01. The Morgan fingerprint density at radius 2 is 1.33 bits per heavy atom. The largest absolute Gasteiger partial charge is 0.504 e. The van der Waals surface area contributed by atoms with E-state index in [-0.39, 0.29) is 46.0 Å². The summed E-state index contributed by atoms with van der Waals surface area (Å²) in [5.41, 5.74) is 2.00. The van der Waals surface area contributed by atoms with Crippen LogP contribution in [0.1, 0.15) is 37.0 Å². The Morgan fingerprint density at radius 3 is 1.97 bits per heavy atom. The Morgan fingerprint density at radius 1 is 0.700 bits per heavy atom. The first-order chi connectivity index (χ1) is 14.4. The molecule has 0 saturated carbocycles. The zero-order chi connectivity index (χ0) is 21.8. The van der Waals surface area contributed by atoms with Gasteiger partial charge in [-0.05, 0) is 54.7 Å². The molecule has 4 N–H and O–H groups in total. The summed E-state index contributed by atoms with van der Waals surface area (Å²) in [5, 5.41) is 41.5. The van der Waals surface area contributed by atoms with Crippen molar-refractivity contribution in [1.29, 1.82) is 0 Å². The number of hydrogen-bond donors (Lipinski definition) is 4. The number of phenols is 4. The van der Waals surface area contributed by atoms with Crippen molar-refractivity contribution in [1.82, 2.24) is 0 Å². The summed E-state index contributed by atoms with van der Waals surface area (Å²) in [4.78, 5) is 0. The van der Waals surface area contributed by atoms with Crippen LogP contribution in [0.3, 0.4) is 0 Å². The minimum Gasteiger partial charge on any atom is -0.504 e. The maximum atomic E-state index is 10.8. The van der Waals surface area contributed by atoms with Crippen LogP contribution < -0.4 is 9.47 Å². The Bertz CT molecular complexity index is 1040. The first-order valence-corrected chi connectivity index (χ1v) is 9.90. The van der Waals surface area contributed by atoms with E-state index in [1.807, 2.05) is 13.8 Å². The molecule has 0 radical (unpaired) electrons. The van der Waals surface area contributed by atoms with Crippen LogP contribution in [-0.2, 0) is 12.8 Å². The fourth-order valence-electron chi connectivity index (χ4n) is 3.22. The smallest absolute Gasteiger partial charge is 0.202 e. The highest BCUT2D eigenvalue weighted by atomic mass is 16.5. The Hall–Kier alpha value is -3.54. The summed E-state index contributed by atoms with van der Waals surface area (Å²) in [6, 6.07) is 11.5. The lowest BCUT2D eigenvalue weighted by Gasteiger charge is -2.17. The minimum absolute atomic E-state index is 0.0215. The second-order valence-corrected chi connectivity index (χ2v) is 7.05. The van der Waals surface area contributed by atoms with E-state index < -0.39 is 0 Å². The number of aromatic hydroxyl groups is 4. The molecule has 0 aromatic heterocycles. The monoisotopic (exact) mass is 410 g/mol. The van der Waals surface area contributed by atoms with Gasteiger partial charge in [0.1, 0.15) is 0 Å².